The molecule has 0 saturated heterocycles. The van der Waals surface area contributed by atoms with Crippen molar-refractivity contribution in [3.63, 3.8) is 0 Å². The molecule has 1 aliphatic rings. The van der Waals surface area contributed by atoms with Crippen LogP contribution in [0.3, 0.4) is 0 Å². The maximum absolute atomic E-state index is 11.9. The molecule has 1 aromatic rings. The van der Waals surface area contributed by atoms with Crippen molar-refractivity contribution < 1.29 is 4.79 Å². The van der Waals surface area contributed by atoms with E-state index < -0.39 is 0 Å². The molecular formula is C19H27N5O. The molecule has 0 aliphatic heterocycles. The maximum atomic E-state index is 11.9. The van der Waals surface area contributed by atoms with Crippen LogP contribution < -0.4 is 10.6 Å². The van der Waals surface area contributed by atoms with Crippen LogP contribution in [0.1, 0.15) is 37.8 Å². The Bertz CT molecular complexity index is 635. The van der Waals surface area contributed by atoms with Gasteiger partial charge in [0.2, 0.25) is 5.91 Å². The quantitative estimate of drug-likeness (QED) is 0.634. The molecule has 0 spiro atoms. The van der Waals surface area contributed by atoms with Crippen molar-refractivity contribution in [2.24, 2.45) is 10.9 Å². The second-order valence-electron chi connectivity index (χ2n) is 6.65. The van der Waals surface area contributed by atoms with Crippen LogP contribution in [0.15, 0.2) is 35.3 Å². The van der Waals surface area contributed by atoms with Gasteiger partial charge in [-0.15, -0.1) is 0 Å². The lowest BCUT2D eigenvalue weighted by Gasteiger charge is -2.23. The molecule has 0 heterocycles. The Balaban J connectivity index is 2.09. The highest BCUT2D eigenvalue weighted by Gasteiger charge is 2.28. The number of nitrogens with one attached hydrogen (secondary N) is 2. The fraction of sp³-hybridized carbons (Fsp3) is 0.526. The van der Waals surface area contributed by atoms with Crippen molar-refractivity contribution in [1.29, 1.82) is 5.26 Å². The molecule has 3 atom stereocenters. The van der Waals surface area contributed by atoms with Gasteiger partial charge in [-0.2, -0.15) is 5.26 Å². The number of benzene rings is 1. The first kappa shape index (κ1) is 18.8. The third-order valence-corrected chi connectivity index (χ3v) is 4.53. The summed E-state index contributed by atoms with van der Waals surface area (Å²) in [5.41, 5.74) is 1.14. The average Bonchev–Trinajstić information content (AvgIpc) is 3.07. The summed E-state index contributed by atoms with van der Waals surface area (Å²) < 4.78 is 0. The average molecular weight is 341 g/mol. The number of aliphatic imine (C=N–C) groups is 1. The second-order valence-corrected chi connectivity index (χ2v) is 6.65. The van der Waals surface area contributed by atoms with Crippen LogP contribution in [0, 0.1) is 17.2 Å². The number of carbonyl (C=O) groups is 1. The molecule has 1 fully saturated rings. The third kappa shape index (κ3) is 5.49. The summed E-state index contributed by atoms with van der Waals surface area (Å²) in [6, 6.07) is 12.6. The minimum Gasteiger partial charge on any atom is -0.352 e. The summed E-state index contributed by atoms with van der Waals surface area (Å²) >= 11 is 0. The molecule has 6 heteroatoms. The highest BCUT2D eigenvalue weighted by Crippen LogP contribution is 2.24. The maximum Gasteiger partial charge on any atom is 0.243 e. The van der Waals surface area contributed by atoms with Crippen molar-refractivity contribution in [1.82, 2.24) is 15.5 Å². The lowest BCUT2D eigenvalue weighted by Crippen LogP contribution is -2.46. The molecule has 1 aliphatic carbocycles. The highest BCUT2D eigenvalue weighted by molar-refractivity contribution is 5.85. The highest BCUT2D eigenvalue weighted by atomic mass is 16.2. The molecule has 134 valence electrons. The predicted molar refractivity (Wildman–Crippen MR) is 98.9 cm³/mol. The van der Waals surface area contributed by atoms with E-state index in [1.807, 2.05) is 30.3 Å². The summed E-state index contributed by atoms with van der Waals surface area (Å²) in [5, 5.41) is 16.0. The minimum absolute atomic E-state index is 0.0106. The van der Waals surface area contributed by atoms with Gasteiger partial charge >= 0.3 is 0 Å². The number of guanidine groups is 1. The summed E-state index contributed by atoms with van der Waals surface area (Å²) in [6.07, 6.45) is 2.89. The molecule has 1 saturated carbocycles. The Labute approximate surface area is 149 Å². The number of likely N-dealkylation sites (N-methyl/N-ethyl adjacent to an activating group) is 1. The van der Waals surface area contributed by atoms with Crippen LogP contribution in [0.5, 0.6) is 0 Å². The van der Waals surface area contributed by atoms with E-state index in [1.54, 1.807) is 14.1 Å². The van der Waals surface area contributed by atoms with E-state index in [1.165, 1.54) is 4.90 Å². The van der Waals surface area contributed by atoms with Gasteiger partial charge in [0.25, 0.3) is 0 Å². The Kier molecular flexibility index (Phi) is 6.81. The number of nitrogens with zero attached hydrogens (tertiary/aromatic N) is 3. The Morgan fingerprint density at radius 1 is 1.36 bits per heavy atom. The lowest BCUT2D eigenvalue weighted by atomic mass is 10.1. The van der Waals surface area contributed by atoms with Gasteiger partial charge in [0.15, 0.2) is 5.96 Å². The summed E-state index contributed by atoms with van der Waals surface area (Å²) in [5.74, 6) is 0.513. The van der Waals surface area contributed by atoms with Gasteiger partial charge in [-0.05, 0) is 31.7 Å². The normalized spacial score (nSPS) is 21.3. The van der Waals surface area contributed by atoms with E-state index in [2.05, 4.69) is 28.6 Å². The largest absolute Gasteiger partial charge is 0.352 e. The standard InChI is InChI=1S/C19H27N5O/c1-14(15-8-5-4-6-9-15)22-19(21-13-18(25)24(2)3)23-17-11-7-10-16(17)12-20/h4-6,8-9,14,16-17H,7,10-11,13H2,1-3H3,(H2,21,22,23). The van der Waals surface area contributed by atoms with Crippen molar-refractivity contribution in [2.45, 2.75) is 38.3 Å². The Morgan fingerprint density at radius 2 is 2.08 bits per heavy atom. The first-order valence-corrected chi connectivity index (χ1v) is 8.73. The van der Waals surface area contributed by atoms with Crippen molar-refractivity contribution in [3.8, 4) is 6.07 Å². The van der Waals surface area contributed by atoms with Crippen LogP contribution in [0.2, 0.25) is 0 Å². The lowest BCUT2D eigenvalue weighted by molar-refractivity contribution is -0.127. The number of hydrogen-bond donors (Lipinski definition) is 2. The molecule has 0 radical (unpaired) electrons. The molecule has 2 N–H and O–H groups in total. The second kappa shape index (κ2) is 9.07. The van der Waals surface area contributed by atoms with E-state index in [0.29, 0.717) is 5.96 Å². The van der Waals surface area contributed by atoms with Gasteiger partial charge in [-0.1, -0.05) is 30.3 Å². The van der Waals surface area contributed by atoms with Gasteiger partial charge < -0.3 is 15.5 Å². The zero-order valence-corrected chi connectivity index (χ0v) is 15.2. The summed E-state index contributed by atoms with van der Waals surface area (Å²) in [4.78, 5) is 17.8. The first-order chi connectivity index (χ1) is 12.0. The van der Waals surface area contributed by atoms with Crippen LogP contribution >= 0.6 is 0 Å². The zero-order valence-electron chi connectivity index (χ0n) is 15.2. The van der Waals surface area contributed by atoms with E-state index >= 15 is 0 Å². The van der Waals surface area contributed by atoms with Gasteiger partial charge in [-0.25, -0.2) is 4.99 Å². The molecule has 1 aromatic carbocycles. The SMILES string of the molecule is CC(NC(=NCC(=O)N(C)C)NC1CCCC1C#N)c1ccccc1. The molecule has 1 amide bonds. The van der Waals surface area contributed by atoms with E-state index in [-0.39, 0.29) is 30.5 Å². The van der Waals surface area contributed by atoms with Crippen molar-refractivity contribution >= 4 is 11.9 Å². The van der Waals surface area contributed by atoms with Gasteiger partial charge in [0.1, 0.15) is 6.54 Å². The molecule has 25 heavy (non-hydrogen) atoms. The van der Waals surface area contributed by atoms with Crippen molar-refractivity contribution in [3.05, 3.63) is 35.9 Å². The van der Waals surface area contributed by atoms with Crippen LogP contribution in [0.25, 0.3) is 0 Å². The van der Waals surface area contributed by atoms with E-state index in [4.69, 9.17) is 0 Å². The smallest absolute Gasteiger partial charge is 0.243 e. The van der Waals surface area contributed by atoms with Crippen LogP contribution in [-0.2, 0) is 4.79 Å². The number of nitriles is 1. The minimum atomic E-state index is -0.0586. The number of rotatable bonds is 5. The fourth-order valence-electron chi connectivity index (χ4n) is 2.91. The zero-order chi connectivity index (χ0) is 18.2. The monoisotopic (exact) mass is 341 g/mol. The predicted octanol–water partition coefficient (Wildman–Crippen LogP) is 2.06. The number of carbonyl (C=O) groups excluding carboxylic acids is 1. The van der Waals surface area contributed by atoms with Gasteiger partial charge in [-0.3, -0.25) is 4.79 Å². The van der Waals surface area contributed by atoms with Gasteiger partial charge in [0.05, 0.1) is 18.0 Å². The Hall–Kier alpha value is -2.55. The molecular weight excluding hydrogens is 314 g/mol. The molecule has 3 unspecified atom stereocenters. The number of hydrogen-bond acceptors (Lipinski definition) is 3. The third-order valence-electron chi connectivity index (χ3n) is 4.53. The van der Waals surface area contributed by atoms with E-state index in [0.717, 1.165) is 24.8 Å². The number of amides is 1. The molecule has 6 nitrogen and oxygen atoms in total. The molecule has 0 bridgehead atoms. The summed E-state index contributed by atoms with van der Waals surface area (Å²) in [7, 11) is 3.43. The Morgan fingerprint density at radius 3 is 2.72 bits per heavy atom. The molecule has 2 rings (SSSR count). The fourth-order valence-corrected chi connectivity index (χ4v) is 2.91. The van der Waals surface area contributed by atoms with Crippen molar-refractivity contribution in [2.75, 3.05) is 20.6 Å². The van der Waals surface area contributed by atoms with Crippen LogP contribution in [0.4, 0.5) is 0 Å². The van der Waals surface area contributed by atoms with Crippen LogP contribution in [-0.4, -0.2) is 43.4 Å². The van der Waals surface area contributed by atoms with E-state index in [9.17, 15) is 10.1 Å². The first-order valence-electron chi connectivity index (χ1n) is 8.73. The van der Waals surface area contributed by atoms with Gasteiger partial charge in [0, 0.05) is 20.1 Å². The topological polar surface area (TPSA) is 80.5 Å². The summed E-state index contributed by atoms with van der Waals surface area (Å²) in [6.45, 7) is 2.13. The molecule has 0 aromatic heterocycles.